The molecule has 0 atom stereocenters. The average Bonchev–Trinajstić information content (AvgIpc) is 3.34. The maximum atomic E-state index is 12.8. The van der Waals surface area contributed by atoms with E-state index in [1.54, 1.807) is 0 Å². The Hall–Kier alpha value is -2.80. The topological polar surface area (TPSA) is 69.6 Å². The summed E-state index contributed by atoms with van der Waals surface area (Å²) < 4.78 is 0. The first-order valence-electron chi connectivity index (χ1n) is 12.3. The van der Waals surface area contributed by atoms with E-state index in [1.807, 2.05) is 47.1 Å². The number of amides is 2. The molecule has 0 radical (unpaired) electrons. The second-order valence-corrected chi connectivity index (χ2v) is 9.57. The van der Waals surface area contributed by atoms with Gasteiger partial charge in [-0.05, 0) is 57.7 Å². The molecule has 0 saturated carbocycles. The first-order chi connectivity index (χ1) is 16.1. The zero-order valence-electron chi connectivity index (χ0n) is 19.5. The van der Waals surface area contributed by atoms with Gasteiger partial charge in [-0.2, -0.15) is 0 Å². The minimum atomic E-state index is 0.123. The third-order valence-electron chi connectivity index (χ3n) is 7.31. The zero-order chi connectivity index (χ0) is 22.8. The Morgan fingerprint density at radius 3 is 2.45 bits per heavy atom. The van der Waals surface area contributed by atoms with Crippen molar-refractivity contribution in [1.29, 1.82) is 0 Å². The molecule has 0 bridgehead atoms. The molecule has 3 aliphatic rings. The molecule has 174 valence electrons. The van der Waals surface area contributed by atoms with Crippen LogP contribution in [-0.4, -0.2) is 64.3 Å². The number of carbonyl (C=O) groups is 2. The average molecular weight is 448 g/mol. The number of nitrogens with zero attached hydrogens (tertiary/aromatic N) is 5. The standard InChI is InChI=1S/C26H33N5O2/c1-19-22-9-10-23(32)31(17-20-7-3-2-4-8-20)26(22)28-25(27-19)21-11-15-30(16-12-21)24(33)18-29-13-5-6-14-29/h2-4,7-8,21H,5-6,9-18H2,1H3. The second kappa shape index (κ2) is 9.59. The molecule has 7 heteroatoms. The van der Waals surface area contributed by atoms with Crippen LogP contribution in [0, 0.1) is 6.92 Å². The molecule has 5 rings (SSSR count). The number of piperidine rings is 1. The lowest BCUT2D eigenvalue weighted by molar-refractivity contribution is -0.133. The monoisotopic (exact) mass is 447 g/mol. The molecule has 3 aliphatic heterocycles. The summed E-state index contributed by atoms with van der Waals surface area (Å²) in [6, 6.07) is 10.1. The van der Waals surface area contributed by atoms with Gasteiger partial charge in [0.15, 0.2) is 0 Å². The van der Waals surface area contributed by atoms with E-state index < -0.39 is 0 Å². The van der Waals surface area contributed by atoms with E-state index in [1.165, 1.54) is 12.8 Å². The van der Waals surface area contributed by atoms with Crippen molar-refractivity contribution in [3.63, 3.8) is 0 Å². The van der Waals surface area contributed by atoms with E-state index in [9.17, 15) is 9.59 Å². The molecule has 2 fully saturated rings. The molecule has 0 unspecified atom stereocenters. The van der Waals surface area contributed by atoms with E-state index in [-0.39, 0.29) is 17.7 Å². The van der Waals surface area contributed by atoms with Crippen molar-refractivity contribution in [2.45, 2.75) is 57.9 Å². The molecular weight excluding hydrogens is 414 g/mol. The molecule has 7 nitrogen and oxygen atoms in total. The van der Waals surface area contributed by atoms with Gasteiger partial charge in [0.05, 0.1) is 13.1 Å². The normalized spacial score (nSPS) is 19.7. The van der Waals surface area contributed by atoms with Crippen LogP contribution >= 0.6 is 0 Å². The van der Waals surface area contributed by atoms with Crippen molar-refractivity contribution in [2.24, 2.45) is 0 Å². The van der Waals surface area contributed by atoms with Gasteiger partial charge < -0.3 is 4.90 Å². The molecule has 2 aromatic rings. The van der Waals surface area contributed by atoms with Gasteiger partial charge >= 0.3 is 0 Å². The SMILES string of the molecule is Cc1nc(C2CCN(C(=O)CN3CCCC3)CC2)nc2c1CCC(=O)N2Cc1ccccc1. The molecule has 33 heavy (non-hydrogen) atoms. The number of aryl methyl sites for hydroxylation is 1. The van der Waals surface area contributed by atoms with E-state index >= 15 is 0 Å². The summed E-state index contributed by atoms with van der Waals surface area (Å²) >= 11 is 0. The predicted molar refractivity (Wildman–Crippen MR) is 127 cm³/mol. The lowest BCUT2D eigenvalue weighted by Crippen LogP contribution is -2.43. The highest BCUT2D eigenvalue weighted by Crippen LogP contribution is 2.33. The van der Waals surface area contributed by atoms with E-state index in [0.717, 1.165) is 67.5 Å². The molecule has 0 N–H and O–H groups in total. The molecule has 2 saturated heterocycles. The molecule has 0 spiro atoms. The molecule has 4 heterocycles. The number of fused-ring (bicyclic) bond motifs is 1. The largest absolute Gasteiger partial charge is 0.342 e. The molecule has 2 amide bonds. The van der Waals surface area contributed by atoms with Crippen molar-refractivity contribution < 1.29 is 9.59 Å². The van der Waals surface area contributed by atoms with Crippen LogP contribution in [0.25, 0.3) is 0 Å². The Kier molecular flexibility index (Phi) is 6.40. The van der Waals surface area contributed by atoms with Gasteiger partial charge in [-0.3, -0.25) is 19.4 Å². The predicted octanol–water partition coefficient (Wildman–Crippen LogP) is 3.07. The Labute approximate surface area is 195 Å². The quantitative estimate of drug-likeness (QED) is 0.705. The summed E-state index contributed by atoms with van der Waals surface area (Å²) in [6.45, 7) is 6.72. The second-order valence-electron chi connectivity index (χ2n) is 9.57. The van der Waals surface area contributed by atoms with Crippen molar-refractivity contribution in [2.75, 3.05) is 37.6 Å². The number of hydrogen-bond donors (Lipinski definition) is 0. The lowest BCUT2D eigenvalue weighted by Gasteiger charge is -2.34. The van der Waals surface area contributed by atoms with E-state index in [2.05, 4.69) is 4.90 Å². The van der Waals surface area contributed by atoms with Crippen LogP contribution in [0.5, 0.6) is 0 Å². The minimum absolute atomic E-state index is 0.123. The highest BCUT2D eigenvalue weighted by molar-refractivity contribution is 5.95. The smallest absolute Gasteiger partial charge is 0.236 e. The summed E-state index contributed by atoms with van der Waals surface area (Å²) in [5.41, 5.74) is 3.17. The Morgan fingerprint density at radius 2 is 1.73 bits per heavy atom. The van der Waals surface area contributed by atoms with Crippen molar-refractivity contribution >= 4 is 17.6 Å². The van der Waals surface area contributed by atoms with E-state index in [4.69, 9.17) is 9.97 Å². The molecular formula is C26H33N5O2. The van der Waals surface area contributed by atoms with Crippen LogP contribution < -0.4 is 4.90 Å². The Morgan fingerprint density at radius 1 is 1.00 bits per heavy atom. The molecule has 1 aromatic heterocycles. The van der Waals surface area contributed by atoms with Gasteiger partial charge in [0.1, 0.15) is 11.6 Å². The highest BCUT2D eigenvalue weighted by Gasteiger charge is 2.31. The van der Waals surface area contributed by atoms with Gasteiger partial charge in [0, 0.05) is 36.7 Å². The fourth-order valence-electron chi connectivity index (χ4n) is 5.33. The highest BCUT2D eigenvalue weighted by atomic mass is 16.2. The maximum Gasteiger partial charge on any atom is 0.236 e. The number of anilines is 1. The maximum absolute atomic E-state index is 12.8. The van der Waals surface area contributed by atoms with Crippen LogP contribution in [0.4, 0.5) is 5.82 Å². The summed E-state index contributed by atoms with van der Waals surface area (Å²) in [5.74, 6) is 2.20. The summed E-state index contributed by atoms with van der Waals surface area (Å²) in [5, 5.41) is 0. The number of aromatic nitrogens is 2. The van der Waals surface area contributed by atoms with Crippen LogP contribution in [0.2, 0.25) is 0 Å². The number of rotatable bonds is 5. The Balaban J connectivity index is 1.30. The summed E-state index contributed by atoms with van der Waals surface area (Å²) in [7, 11) is 0. The number of benzene rings is 1. The van der Waals surface area contributed by atoms with Crippen LogP contribution in [0.3, 0.4) is 0 Å². The van der Waals surface area contributed by atoms with Crippen LogP contribution in [0.1, 0.15) is 60.7 Å². The summed E-state index contributed by atoms with van der Waals surface area (Å²) in [4.78, 5) is 41.5. The first kappa shape index (κ1) is 22.0. The van der Waals surface area contributed by atoms with Crippen molar-refractivity contribution in [3.8, 4) is 0 Å². The van der Waals surface area contributed by atoms with Gasteiger partial charge in [-0.25, -0.2) is 9.97 Å². The lowest BCUT2D eigenvalue weighted by atomic mass is 9.94. The number of carbonyl (C=O) groups excluding carboxylic acids is 2. The van der Waals surface area contributed by atoms with E-state index in [0.29, 0.717) is 25.9 Å². The van der Waals surface area contributed by atoms with Gasteiger partial charge in [0.25, 0.3) is 0 Å². The minimum Gasteiger partial charge on any atom is -0.342 e. The number of hydrogen-bond acceptors (Lipinski definition) is 5. The van der Waals surface area contributed by atoms with Crippen LogP contribution in [-0.2, 0) is 22.6 Å². The van der Waals surface area contributed by atoms with Gasteiger partial charge in [-0.1, -0.05) is 30.3 Å². The van der Waals surface area contributed by atoms with Crippen molar-refractivity contribution in [1.82, 2.24) is 19.8 Å². The van der Waals surface area contributed by atoms with Gasteiger partial charge in [-0.15, -0.1) is 0 Å². The molecule has 1 aromatic carbocycles. The Bertz CT molecular complexity index is 1010. The molecule has 0 aliphatic carbocycles. The third kappa shape index (κ3) is 4.78. The van der Waals surface area contributed by atoms with Gasteiger partial charge in [0.2, 0.25) is 11.8 Å². The third-order valence-corrected chi connectivity index (χ3v) is 7.31. The van der Waals surface area contributed by atoms with Crippen LogP contribution in [0.15, 0.2) is 30.3 Å². The fraction of sp³-hybridized carbons (Fsp3) is 0.538. The number of likely N-dealkylation sites (tertiary alicyclic amines) is 2. The summed E-state index contributed by atoms with van der Waals surface area (Å²) in [6.07, 6.45) is 5.35. The fourth-order valence-corrected chi connectivity index (χ4v) is 5.33. The zero-order valence-corrected chi connectivity index (χ0v) is 19.5. The van der Waals surface area contributed by atoms with Crippen molar-refractivity contribution in [3.05, 3.63) is 53.0 Å². The first-order valence-corrected chi connectivity index (χ1v) is 12.3.